The first-order valence-electron chi connectivity index (χ1n) is 9.86. The first kappa shape index (κ1) is 23.8. The maximum absolute atomic E-state index is 9.10. The van der Waals surface area contributed by atoms with E-state index in [4.69, 9.17) is 29.3 Å². The Morgan fingerprint density at radius 1 is 1.07 bits per heavy atom. The van der Waals surface area contributed by atoms with E-state index in [-0.39, 0.29) is 6.10 Å². The van der Waals surface area contributed by atoms with Crippen LogP contribution in [0.5, 0.6) is 11.5 Å². The second-order valence-electron chi connectivity index (χ2n) is 7.30. The first-order chi connectivity index (χ1) is 13.3. The van der Waals surface area contributed by atoms with Crippen LogP contribution in [0.3, 0.4) is 0 Å². The van der Waals surface area contributed by atoms with Crippen LogP contribution in [-0.4, -0.2) is 59.4 Å². The maximum Gasteiger partial charge on any atom is 0.414 e. The van der Waals surface area contributed by atoms with Gasteiger partial charge in [-0.15, -0.1) is 0 Å². The SMILES string of the molecule is CC1CCN(CCCCOc2ccccc2OC(C)C)CC1.O=C(O)C(=O)O. The highest BCUT2D eigenvalue weighted by Gasteiger charge is 2.14. The average Bonchev–Trinajstić information content (AvgIpc) is 2.64. The Balaban J connectivity index is 0.000000568. The Morgan fingerprint density at radius 2 is 1.64 bits per heavy atom. The van der Waals surface area contributed by atoms with Crippen LogP contribution in [0.25, 0.3) is 0 Å². The van der Waals surface area contributed by atoms with E-state index in [1.165, 1.54) is 38.9 Å². The van der Waals surface area contributed by atoms with Crippen LogP contribution in [0.2, 0.25) is 0 Å². The van der Waals surface area contributed by atoms with Crippen molar-refractivity contribution in [3.8, 4) is 11.5 Å². The minimum absolute atomic E-state index is 0.172. The molecule has 0 aliphatic carbocycles. The zero-order valence-electron chi connectivity index (χ0n) is 17.1. The second-order valence-corrected chi connectivity index (χ2v) is 7.30. The average molecular weight is 395 g/mol. The fourth-order valence-electron chi connectivity index (χ4n) is 2.83. The molecule has 2 N–H and O–H groups in total. The van der Waals surface area contributed by atoms with Gasteiger partial charge in [-0.3, -0.25) is 0 Å². The summed E-state index contributed by atoms with van der Waals surface area (Å²) >= 11 is 0. The zero-order valence-corrected chi connectivity index (χ0v) is 17.1. The van der Waals surface area contributed by atoms with Crippen molar-refractivity contribution in [3.05, 3.63) is 24.3 Å². The van der Waals surface area contributed by atoms with Crippen LogP contribution in [0.15, 0.2) is 24.3 Å². The normalized spacial score (nSPS) is 14.9. The van der Waals surface area contributed by atoms with Gasteiger partial charge in [0.1, 0.15) is 0 Å². The summed E-state index contributed by atoms with van der Waals surface area (Å²) < 4.78 is 11.7. The molecule has 1 aromatic rings. The highest BCUT2D eigenvalue weighted by atomic mass is 16.5. The molecule has 0 atom stereocenters. The molecular formula is C21H33NO6. The van der Waals surface area contributed by atoms with Gasteiger partial charge < -0.3 is 24.6 Å². The lowest BCUT2D eigenvalue weighted by Crippen LogP contribution is -2.33. The van der Waals surface area contributed by atoms with Crippen molar-refractivity contribution in [2.75, 3.05) is 26.2 Å². The van der Waals surface area contributed by atoms with Gasteiger partial charge in [0.25, 0.3) is 0 Å². The fraction of sp³-hybridized carbons (Fsp3) is 0.619. The molecule has 0 radical (unpaired) electrons. The topological polar surface area (TPSA) is 96.3 Å². The van der Waals surface area contributed by atoms with Gasteiger partial charge in [-0.1, -0.05) is 19.1 Å². The van der Waals surface area contributed by atoms with Gasteiger partial charge in [-0.05, 0) is 77.2 Å². The molecule has 0 bridgehead atoms. The number of nitrogens with zero attached hydrogens (tertiary/aromatic N) is 1. The molecule has 1 aromatic carbocycles. The minimum atomic E-state index is -1.82. The third kappa shape index (κ3) is 10.2. The number of carboxylic acid groups (broad SMARTS) is 2. The van der Waals surface area contributed by atoms with E-state index in [9.17, 15) is 0 Å². The summed E-state index contributed by atoms with van der Waals surface area (Å²) in [4.78, 5) is 20.8. The van der Waals surface area contributed by atoms with Gasteiger partial charge in [0.05, 0.1) is 12.7 Å². The molecule has 1 fully saturated rings. The molecule has 7 heteroatoms. The van der Waals surface area contributed by atoms with Crippen molar-refractivity contribution in [2.45, 2.75) is 52.6 Å². The highest BCUT2D eigenvalue weighted by Crippen LogP contribution is 2.27. The summed E-state index contributed by atoms with van der Waals surface area (Å²) in [7, 11) is 0. The molecule has 28 heavy (non-hydrogen) atoms. The van der Waals surface area contributed by atoms with Gasteiger partial charge in [0, 0.05) is 0 Å². The number of piperidine rings is 1. The van der Waals surface area contributed by atoms with E-state index in [0.29, 0.717) is 0 Å². The van der Waals surface area contributed by atoms with Gasteiger partial charge in [0.2, 0.25) is 0 Å². The van der Waals surface area contributed by atoms with E-state index in [0.717, 1.165) is 30.4 Å². The quantitative estimate of drug-likeness (QED) is 0.513. The van der Waals surface area contributed by atoms with Gasteiger partial charge in [-0.2, -0.15) is 0 Å². The van der Waals surface area contributed by atoms with Crippen LogP contribution < -0.4 is 9.47 Å². The summed E-state index contributed by atoms with van der Waals surface area (Å²) in [5.74, 6) is -1.02. The molecule has 0 amide bonds. The molecule has 1 saturated heterocycles. The van der Waals surface area contributed by atoms with E-state index < -0.39 is 11.9 Å². The standard InChI is InChI=1S/C19H31NO2.C2H2O4/c1-16(2)22-19-9-5-4-8-18(19)21-15-7-6-12-20-13-10-17(3)11-14-20;3-1(4)2(5)6/h4-5,8-9,16-17H,6-7,10-15H2,1-3H3;(H,3,4)(H,5,6). The molecular weight excluding hydrogens is 362 g/mol. The second kappa shape index (κ2) is 13.0. The number of aliphatic carboxylic acids is 2. The van der Waals surface area contributed by atoms with E-state index in [1.807, 2.05) is 38.1 Å². The Labute approximate surface area is 167 Å². The highest BCUT2D eigenvalue weighted by molar-refractivity contribution is 6.27. The van der Waals surface area contributed by atoms with E-state index in [1.54, 1.807) is 0 Å². The maximum atomic E-state index is 9.10. The molecule has 0 saturated carbocycles. The lowest BCUT2D eigenvalue weighted by atomic mass is 9.99. The number of carbonyl (C=O) groups is 2. The lowest BCUT2D eigenvalue weighted by Gasteiger charge is -2.30. The van der Waals surface area contributed by atoms with Gasteiger partial charge in [0.15, 0.2) is 11.5 Å². The number of likely N-dealkylation sites (tertiary alicyclic amines) is 1. The third-order valence-electron chi connectivity index (χ3n) is 4.40. The van der Waals surface area contributed by atoms with Gasteiger partial charge >= 0.3 is 11.9 Å². The number of benzene rings is 1. The summed E-state index contributed by atoms with van der Waals surface area (Å²) in [5.41, 5.74) is 0. The van der Waals surface area contributed by atoms with Crippen LogP contribution in [0, 0.1) is 5.92 Å². The summed E-state index contributed by atoms with van der Waals surface area (Å²) in [6.07, 6.45) is 5.20. The summed E-state index contributed by atoms with van der Waals surface area (Å²) in [6, 6.07) is 7.95. The molecule has 0 spiro atoms. The van der Waals surface area contributed by atoms with Crippen LogP contribution >= 0.6 is 0 Å². The molecule has 1 heterocycles. The monoisotopic (exact) mass is 395 g/mol. The molecule has 1 aliphatic rings. The lowest BCUT2D eigenvalue weighted by molar-refractivity contribution is -0.159. The van der Waals surface area contributed by atoms with Crippen LogP contribution in [-0.2, 0) is 9.59 Å². The predicted molar refractivity (Wildman–Crippen MR) is 107 cm³/mol. The molecule has 158 valence electrons. The van der Waals surface area contributed by atoms with Crippen molar-refractivity contribution in [1.29, 1.82) is 0 Å². The first-order valence-corrected chi connectivity index (χ1v) is 9.86. The summed E-state index contributed by atoms with van der Waals surface area (Å²) in [6.45, 7) is 11.0. The van der Waals surface area contributed by atoms with Crippen molar-refractivity contribution in [1.82, 2.24) is 4.90 Å². The number of unbranched alkanes of at least 4 members (excludes halogenated alkanes) is 1. The Kier molecular flexibility index (Phi) is 11.0. The third-order valence-corrected chi connectivity index (χ3v) is 4.40. The number of carboxylic acids is 2. The Hall–Kier alpha value is -2.28. The van der Waals surface area contributed by atoms with E-state index in [2.05, 4.69) is 11.8 Å². The van der Waals surface area contributed by atoms with Crippen molar-refractivity contribution >= 4 is 11.9 Å². The van der Waals surface area contributed by atoms with Crippen molar-refractivity contribution in [2.24, 2.45) is 5.92 Å². The number of rotatable bonds is 8. The van der Waals surface area contributed by atoms with Crippen LogP contribution in [0.1, 0.15) is 46.5 Å². The number of para-hydroxylation sites is 2. The minimum Gasteiger partial charge on any atom is -0.490 e. The molecule has 0 aromatic heterocycles. The van der Waals surface area contributed by atoms with Crippen molar-refractivity contribution < 1.29 is 29.3 Å². The summed E-state index contributed by atoms with van der Waals surface area (Å²) in [5, 5.41) is 14.8. The molecule has 0 unspecified atom stereocenters. The van der Waals surface area contributed by atoms with Crippen molar-refractivity contribution in [3.63, 3.8) is 0 Å². The predicted octanol–water partition coefficient (Wildman–Crippen LogP) is 3.52. The van der Waals surface area contributed by atoms with Crippen LogP contribution in [0.4, 0.5) is 0 Å². The largest absolute Gasteiger partial charge is 0.490 e. The smallest absolute Gasteiger partial charge is 0.414 e. The molecule has 2 rings (SSSR count). The van der Waals surface area contributed by atoms with Gasteiger partial charge in [-0.25, -0.2) is 9.59 Å². The number of hydrogen-bond donors (Lipinski definition) is 2. The fourth-order valence-corrected chi connectivity index (χ4v) is 2.83. The molecule has 1 aliphatic heterocycles. The van der Waals surface area contributed by atoms with E-state index >= 15 is 0 Å². The number of hydrogen-bond acceptors (Lipinski definition) is 5. The number of ether oxygens (including phenoxy) is 2. The Bertz CT molecular complexity index is 584. The zero-order chi connectivity index (χ0) is 20.9. The molecule has 7 nitrogen and oxygen atoms in total. The Morgan fingerprint density at radius 3 is 2.18 bits per heavy atom.